The highest BCUT2D eigenvalue weighted by molar-refractivity contribution is 5.76. The quantitative estimate of drug-likeness (QED) is 0.115. The van der Waals surface area contributed by atoms with Crippen molar-refractivity contribution in [2.24, 2.45) is 0 Å². The number of carbonyl (C=O) groups excluding carboxylic acids is 3. The van der Waals surface area contributed by atoms with E-state index in [9.17, 15) is 34.8 Å². The first-order chi connectivity index (χ1) is 16.0. The van der Waals surface area contributed by atoms with Crippen LogP contribution in [0.4, 0.5) is 0 Å². The van der Waals surface area contributed by atoms with E-state index in [1.54, 1.807) is 6.92 Å². The Kier molecular flexibility index (Phi) is 12.8. The number of carbonyl (C=O) groups is 3. The molecule has 1 saturated heterocycles. The molecule has 0 aliphatic carbocycles. The van der Waals surface area contributed by atoms with Crippen LogP contribution in [0.2, 0.25) is 0 Å². The van der Waals surface area contributed by atoms with Crippen LogP contribution < -0.4 is 16.0 Å². The highest BCUT2D eigenvalue weighted by Crippen LogP contribution is 2.26. The highest BCUT2D eigenvalue weighted by atomic mass is 16.7. The lowest BCUT2D eigenvalue weighted by Gasteiger charge is -2.46. The molecule has 3 unspecified atom stereocenters. The Balaban J connectivity index is 3.23. The molecule has 1 fully saturated rings. The summed E-state index contributed by atoms with van der Waals surface area (Å²) < 4.78 is 16.7. The molecule has 9 atom stereocenters. The summed E-state index contributed by atoms with van der Waals surface area (Å²) >= 11 is 0. The van der Waals surface area contributed by atoms with E-state index in [1.165, 1.54) is 14.0 Å². The molecule has 1 aliphatic heterocycles. The monoisotopic (exact) mass is 495 g/mol. The maximum atomic E-state index is 11.9. The van der Waals surface area contributed by atoms with Crippen LogP contribution in [0.1, 0.15) is 33.6 Å². The van der Waals surface area contributed by atoms with Crippen LogP contribution in [0.5, 0.6) is 0 Å². The fourth-order valence-electron chi connectivity index (χ4n) is 3.58. The van der Waals surface area contributed by atoms with Gasteiger partial charge < -0.3 is 55.7 Å². The Bertz CT molecular complexity index is 668. The van der Waals surface area contributed by atoms with Gasteiger partial charge in [0.05, 0.1) is 12.7 Å². The number of rotatable bonds is 13. The van der Waals surface area contributed by atoms with Crippen molar-refractivity contribution in [1.29, 1.82) is 0 Å². The molecule has 0 saturated carbocycles. The van der Waals surface area contributed by atoms with E-state index in [0.29, 0.717) is 0 Å². The fraction of sp³-hybridized carbons (Fsp3) is 0.850. The van der Waals surface area contributed by atoms with Crippen molar-refractivity contribution in [3.05, 3.63) is 0 Å². The van der Waals surface area contributed by atoms with Crippen molar-refractivity contribution in [2.75, 3.05) is 20.3 Å². The molecule has 3 amide bonds. The number of ether oxygens (including phenoxy) is 3. The van der Waals surface area contributed by atoms with Crippen LogP contribution in [0.25, 0.3) is 0 Å². The van der Waals surface area contributed by atoms with Crippen molar-refractivity contribution in [3.8, 4) is 0 Å². The fourth-order valence-corrected chi connectivity index (χ4v) is 3.58. The molecule has 1 rings (SSSR count). The Morgan fingerprint density at radius 3 is 2.21 bits per heavy atom. The number of hydrogen-bond acceptors (Lipinski definition) is 11. The third-order valence-corrected chi connectivity index (χ3v) is 5.27. The van der Waals surface area contributed by atoms with Crippen LogP contribution >= 0.6 is 0 Å². The lowest BCUT2D eigenvalue weighted by Crippen LogP contribution is -2.69. The number of aliphatic hydroxyl groups is 5. The van der Waals surface area contributed by atoms with Gasteiger partial charge in [-0.15, -0.1) is 0 Å². The van der Waals surface area contributed by atoms with Crippen molar-refractivity contribution in [1.82, 2.24) is 16.0 Å². The van der Waals surface area contributed by atoms with Gasteiger partial charge in [0.1, 0.15) is 36.5 Å². The van der Waals surface area contributed by atoms with Gasteiger partial charge in [-0.05, 0) is 6.42 Å². The molecule has 1 heterocycles. The first-order valence-corrected chi connectivity index (χ1v) is 10.9. The molecule has 1 aliphatic rings. The van der Waals surface area contributed by atoms with E-state index in [0.717, 1.165) is 6.92 Å². The van der Waals surface area contributed by atoms with Gasteiger partial charge in [-0.2, -0.15) is 0 Å². The molecule has 0 aromatic heterocycles. The predicted molar refractivity (Wildman–Crippen MR) is 115 cm³/mol. The van der Waals surface area contributed by atoms with Crippen molar-refractivity contribution >= 4 is 17.7 Å². The first kappa shape index (κ1) is 30.1. The zero-order valence-corrected chi connectivity index (χ0v) is 19.7. The molecule has 0 aromatic carbocycles. The summed E-state index contributed by atoms with van der Waals surface area (Å²) in [6.45, 7) is 2.86. The summed E-state index contributed by atoms with van der Waals surface area (Å²) in [6.07, 6.45) is -9.96. The number of nitrogens with one attached hydrogen (secondary N) is 3. The molecule has 198 valence electrons. The van der Waals surface area contributed by atoms with E-state index in [1.807, 2.05) is 0 Å². The molecule has 14 nitrogen and oxygen atoms in total. The predicted octanol–water partition coefficient (Wildman–Crippen LogP) is -3.94. The molecular weight excluding hydrogens is 458 g/mol. The first-order valence-electron chi connectivity index (χ1n) is 10.9. The van der Waals surface area contributed by atoms with Gasteiger partial charge in [0, 0.05) is 34.0 Å². The lowest BCUT2D eigenvalue weighted by atomic mass is 9.95. The largest absolute Gasteiger partial charge is 0.396 e. The standard InChI is InChI=1S/C20H37N3O11/c1-5-13(29)23-19-14(21-9(2)26)17(31)18(12(8-25)33-19)34-20(32-4)15(22-10(3)27)16(30)11(28)6-7-24/h11-12,14-20,24-25,28,30-31H,5-8H2,1-4H3,(H,21,26)(H,22,27)(H,23,29)/t11-,12?,14?,15+,16?,17-,18-,19-,20+/m1/s1. The smallest absolute Gasteiger partial charge is 0.221 e. The van der Waals surface area contributed by atoms with Crippen molar-refractivity contribution in [3.63, 3.8) is 0 Å². The topological polar surface area (TPSA) is 216 Å². The van der Waals surface area contributed by atoms with Gasteiger partial charge in [-0.3, -0.25) is 14.4 Å². The second-order valence-corrected chi connectivity index (χ2v) is 7.92. The Labute approximate surface area is 197 Å². The molecule has 34 heavy (non-hydrogen) atoms. The maximum absolute atomic E-state index is 11.9. The van der Waals surface area contributed by atoms with E-state index in [-0.39, 0.29) is 12.8 Å². The van der Waals surface area contributed by atoms with Gasteiger partial charge in [-0.25, -0.2) is 0 Å². The molecule has 0 aromatic rings. The SMILES string of the molecule is CCC(=O)N[C@@H]1OC(CO)[C@@H](O[C@H](OC)[C@@H](NC(C)=O)C(O)[C@H](O)CCO)[C@H](O)C1NC(C)=O. The summed E-state index contributed by atoms with van der Waals surface area (Å²) in [5.74, 6) is -1.56. The Hall–Kier alpha value is -1.91. The minimum absolute atomic E-state index is 0.102. The molecule has 0 bridgehead atoms. The number of hydrogen-bond donors (Lipinski definition) is 8. The van der Waals surface area contributed by atoms with Gasteiger partial charge >= 0.3 is 0 Å². The second-order valence-electron chi connectivity index (χ2n) is 7.92. The van der Waals surface area contributed by atoms with E-state index >= 15 is 0 Å². The summed E-state index contributed by atoms with van der Waals surface area (Å²) in [5, 5.41) is 57.9. The van der Waals surface area contributed by atoms with E-state index < -0.39 is 86.1 Å². The van der Waals surface area contributed by atoms with Crippen LogP contribution in [0.15, 0.2) is 0 Å². The Morgan fingerprint density at radius 1 is 1.09 bits per heavy atom. The zero-order chi connectivity index (χ0) is 26.0. The van der Waals surface area contributed by atoms with Crippen molar-refractivity contribution in [2.45, 2.75) is 88.7 Å². The number of amides is 3. The minimum atomic E-state index is -1.64. The van der Waals surface area contributed by atoms with Gasteiger partial charge in [0.2, 0.25) is 17.7 Å². The van der Waals surface area contributed by atoms with Crippen molar-refractivity contribution < 1.29 is 54.1 Å². The average Bonchev–Trinajstić information content (AvgIpc) is 2.78. The van der Waals surface area contributed by atoms with E-state index in [4.69, 9.17) is 19.3 Å². The highest BCUT2D eigenvalue weighted by Gasteiger charge is 2.49. The van der Waals surface area contributed by atoms with Gasteiger partial charge in [0.15, 0.2) is 12.5 Å². The lowest BCUT2D eigenvalue weighted by molar-refractivity contribution is -0.272. The third-order valence-electron chi connectivity index (χ3n) is 5.27. The number of aliphatic hydroxyl groups excluding tert-OH is 5. The van der Waals surface area contributed by atoms with Crippen LogP contribution in [0.3, 0.4) is 0 Å². The molecule has 14 heteroatoms. The normalized spacial score (nSPS) is 28.3. The summed E-state index contributed by atoms with van der Waals surface area (Å²) in [6, 6.07) is -2.53. The minimum Gasteiger partial charge on any atom is -0.396 e. The zero-order valence-electron chi connectivity index (χ0n) is 19.7. The van der Waals surface area contributed by atoms with Crippen LogP contribution in [0, 0.1) is 0 Å². The summed E-state index contributed by atoms with van der Waals surface area (Å²) in [7, 11) is 1.18. The molecular formula is C20H37N3O11. The van der Waals surface area contributed by atoms with Gasteiger partial charge in [0.25, 0.3) is 0 Å². The molecule has 8 N–H and O–H groups in total. The summed E-state index contributed by atoms with van der Waals surface area (Å²) in [5.41, 5.74) is 0. The van der Waals surface area contributed by atoms with Gasteiger partial charge in [-0.1, -0.05) is 6.92 Å². The maximum Gasteiger partial charge on any atom is 0.221 e. The molecule has 0 radical (unpaired) electrons. The average molecular weight is 496 g/mol. The third kappa shape index (κ3) is 8.39. The Morgan fingerprint density at radius 2 is 1.74 bits per heavy atom. The second kappa shape index (κ2) is 14.5. The van der Waals surface area contributed by atoms with E-state index in [2.05, 4.69) is 16.0 Å². The van der Waals surface area contributed by atoms with Crippen LogP contribution in [-0.2, 0) is 28.6 Å². The molecule has 0 spiro atoms. The summed E-state index contributed by atoms with van der Waals surface area (Å²) in [4.78, 5) is 35.3. The van der Waals surface area contributed by atoms with Crippen LogP contribution in [-0.4, -0.2) is 119 Å². The number of methoxy groups -OCH3 is 1.